The van der Waals surface area contributed by atoms with Gasteiger partial charge in [0, 0.05) is 0 Å². The van der Waals surface area contributed by atoms with Gasteiger partial charge in [0.15, 0.2) is 3.26 Å². The van der Waals surface area contributed by atoms with Gasteiger partial charge in [-0.1, -0.05) is 5.92 Å². The van der Waals surface area contributed by atoms with E-state index in [0.717, 1.165) is 0 Å². The van der Waals surface area contributed by atoms with E-state index >= 15 is 0 Å². The Morgan fingerprint density at radius 3 is 2.12 bits per heavy atom. The molecule has 0 aromatic rings. The summed E-state index contributed by atoms with van der Waals surface area (Å²) in [5.74, 6) is 1.98. The average molecular weight is 245 g/mol. The number of nitrogens with two attached hydrogens (primary N) is 1. The predicted octanol–water partition coefficient (Wildman–Crippen LogP) is -0.331. The number of sulfonamides is 1. The van der Waals surface area contributed by atoms with Crippen LogP contribution in [0.15, 0.2) is 0 Å². The lowest BCUT2D eigenvalue weighted by molar-refractivity contribution is 0.600. The van der Waals surface area contributed by atoms with Crippen molar-refractivity contribution in [3.05, 3.63) is 0 Å². The highest BCUT2D eigenvalue weighted by atomic mass is 127. The summed E-state index contributed by atoms with van der Waals surface area (Å²) in [4.78, 5) is 0. The third kappa shape index (κ3) is 2.49. The molecular weight excluding hydrogens is 241 g/mol. The minimum absolute atomic E-state index is 0.903. The second kappa shape index (κ2) is 2.66. The van der Waals surface area contributed by atoms with Gasteiger partial charge in [-0.2, -0.15) is 0 Å². The van der Waals surface area contributed by atoms with Crippen LogP contribution >= 0.6 is 22.6 Å². The molecule has 0 aliphatic carbocycles. The lowest BCUT2D eigenvalue weighted by Gasteiger charge is -1.93. The number of terminal acetylenes is 1. The first-order chi connectivity index (χ1) is 3.48. The van der Waals surface area contributed by atoms with E-state index in [1.807, 2.05) is 5.92 Å². The lowest BCUT2D eigenvalue weighted by atomic mass is 10.8. The van der Waals surface area contributed by atoms with Crippen molar-refractivity contribution in [2.24, 2.45) is 5.14 Å². The topological polar surface area (TPSA) is 60.2 Å². The molecular formula is C3H4INO2S. The zero-order chi connectivity index (χ0) is 6.78. The summed E-state index contributed by atoms with van der Waals surface area (Å²) in [6, 6.07) is 0. The molecule has 0 aliphatic rings. The Hall–Kier alpha value is 0.200. The molecule has 8 heavy (non-hydrogen) atoms. The summed E-state index contributed by atoms with van der Waals surface area (Å²) in [6.45, 7) is 0. The highest BCUT2D eigenvalue weighted by Gasteiger charge is 2.12. The SMILES string of the molecule is C#CC(I)S(N)(=O)=O. The molecule has 0 radical (unpaired) electrons. The minimum atomic E-state index is -3.50. The molecule has 5 heteroatoms. The zero-order valence-electron chi connectivity index (χ0n) is 3.83. The van der Waals surface area contributed by atoms with Crippen LogP contribution in [0.4, 0.5) is 0 Å². The van der Waals surface area contributed by atoms with Gasteiger partial charge in [0.2, 0.25) is 10.0 Å². The first-order valence-electron chi connectivity index (χ1n) is 1.60. The largest absolute Gasteiger partial charge is 0.232 e. The standard InChI is InChI=1S/C3H4INO2S/c1-2-3(4)8(5,6)7/h1,3H,(H2,5,6,7). The molecule has 46 valence electrons. The Balaban J connectivity index is 4.34. The van der Waals surface area contributed by atoms with E-state index in [1.165, 1.54) is 0 Å². The molecule has 0 amide bonds. The number of hydrogen-bond donors (Lipinski definition) is 1. The second-order valence-corrected chi connectivity index (χ2v) is 4.81. The first kappa shape index (κ1) is 8.20. The number of alkyl halides is 1. The fourth-order valence-corrected chi connectivity index (χ4v) is 0.285. The summed E-state index contributed by atoms with van der Waals surface area (Å²) >= 11 is 1.56. The minimum Gasteiger partial charge on any atom is -0.227 e. The molecule has 0 rings (SSSR count). The van der Waals surface area contributed by atoms with Crippen LogP contribution in [0.3, 0.4) is 0 Å². The highest BCUT2D eigenvalue weighted by molar-refractivity contribution is 14.1. The zero-order valence-corrected chi connectivity index (χ0v) is 6.81. The van der Waals surface area contributed by atoms with E-state index in [0.29, 0.717) is 0 Å². The molecule has 1 unspecified atom stereocenters. The summed E-state index contributed by atoms with van der Waals surface area (Å²) in [5.41, 5.74) is 0. The normalized spacial score (nSPS) is 14.6. The molecule has 2 N–H and O–H groups in total. The second-order valence-electron chi connectivity index (χ2n) is 1.07. The Morgan fingerprint density at radius 1 is 1.75 bits per heavy atom. The summed E-state index contributed by atoms with van der Waals surface area (Å²) in [6.07, 6.45) is 4.74. The van der Waals surface area contributed by atoms with Crippen LogP contribution in [0.1, 0.15) is 0 Å². The van der Waals surface area contributed by atoms with Gasteiger partial charge in [-0.3, -0.25) is 0 Å². The van der Waals surface area contributed by atoms with Crippen molar-refractivity contribution >= 4 is 32.6 Å². The van der Waals surface area contributed by atoms with Crippen molar-refractivity contribution in [1.82, 2.24) is 0 Å². The van der Waals surface area contributed by atoms with Crippen LogP contribution in [0.2, 0.25) is 0 Å². The van der Waals surface area contributed by atoms with E-state index in [4.69, 9.17) is 6.42 Å². The van der Waals surface area contributed by atoms with Crippen molar-refractivity contribution < 1.29 is 8.42 Å². The van der Waals surface area contributed by atoms with Gasteiger partial charge < -0.3 is 0 Å². The smallest absolute Gasteiger partial charge is 0.227 e. The van der Waals surface area contributed by atoms with Gasteiger partial charge >= 0.3 is 0 Å². The van der Waals surface area contributed by atoms with Gasteiger partial charge in [-0.15, -0.1) is 6.42 Å². The molecule has 0 aromatic carbocycles. The van der Waals surface area contributed by atoms with Gasteiger partial charge in [0.25, 0.3) is 0 Å². The Morgan fingerprint density at radius 2 is 2.12 bits per heavy atom. The van der Waals surface area contributed by atoms with Crippen LogP contribution in [-0.2, 0) is 10.0 Å². The van der Waals surface area contributed by atoms with Crippen molar-refractivity contribution in [2.45, 2.75) is 3.26 Å². The molecule has 0 bridgehead atoms. The van der Waals surface area contributed by atoms with Gasteiger partial charge in [0.1, 0.15) is 0 Å². The summed E-state index contributed by atoms with van der Waals surface area (Å²) in [5, 5.41) is 4.61. The number of hydrogen-bond acceptors (Lipinski definition) is 2. The van der Waals surface area contributed by atoms with Crippen LogP contribution < -0.4 is 5.14 Å². The molecule has 0 aromatic heterocycles. The average Bonchev–Trinajstić information content (AvgIpc) is 1.62. The molecule has 0 saturated carbocycles. The highest BCUT2D eigenvalue weighted by Crippen LogP contribution is 2.02. The number of primary sulfonamides is 1. The van der Waals surface area contributed by atoms with Gasteiger partial charge in [-0.25, -0.2) is 13.6 Å². The third-order valence-electron chi connectivity index (χ3n) is 0.419. The fourth-order valence-electron chi connectivity index (χ4n) is 0.0948. The van der Waals surface area contributed by atoms with Gasteiger partial charge in [-0.05, 0) is 22.6 Å². The van der Waals surface area contributed by atoms with Crippen LogP contribution in [0.5, 0.6) is 0 Å². The van der Waals surface area contributed by atoms with Crippen LogP contribution in [0, 0.1) is 12.3 Å². The maximum Gasteiger partial charge on any atom is 0.232 e. The fraction of sp³-hybridized carbons (Fsp3) is 0.333. The number of rotatable bonds is 1. The molecule has 1 atom stereocenters. The van der Waals surface area contributed by atoms with E-state index in [-0.39, 0.29) is 0 Å². The van der Waals surface area contributed by atoms with E-state index < -0.39 is 13.3 Å². The molecule has 0 heterocycles. The predicted molar refractivity (Wildman–Crippen MR) is 39.7 cm³/mol. The van der Waals surface area contributed by atoms with Crippen LogP contribution in [0.25, 0.3) is 0 Å². The Labute approximate surface area is 61.8 Å². The van der Waals surface area contributed by atoms with Crippen molar-refractivity contribution in [3.8, 4) is 12.3 Å². The van der Waals surface area contributed by atoms with Crippen molar-refractivity contribution in [3.63, 3.8) is 0 Å². The Kier molecular flexibility index (Phi) is 2.73. The molecule has 0 saturated heterocycles. The quantitative estimate of drug-likeness (QED) is 0.390. The molecule has 0 spiro atoms. The Bertz CT molecular complexity index is 202. The molecule has 0 aliphatic heterocycles. The van der Waals surface area contributed by atoms with Crippen molar-refractivity contribution in [1.29, 1.82) is 0 Å². The monoisotopic (exact) mass is 245 g/mol. The van der Waals surface area contributed by atoms with E-state index in [9.17, 15) is 8.42 Å². The number of halogens is 1. The van der Waals surface area contributed by atoms with E-state index in [1.54, 1.807) is 22.6 Å². The lowest BCUT2D eigenvalue weighted by Crippen LogP contribution is -2.21. The third-order valence-corrected chi connectivity index (χ3v) is 3.62. The van der Waals surface area contributed by atoms with Gasteiger partial charge in [0.05, 0.1) is 0 Å². The summed E-state index contributed by atoms with van der Waals surface area (Å²) in [7, 11) is -3.50. The van der Waals surface area contributed by atoms with E-state index in [2.05, 4.69) is 5.14 Å². The molecule has 0 fully saturated rings. The maximum atomic E-state index is 10.2. The first-order valence-corrected chi connectivity index (χ1v) is 4.46. The van der Waals surface area contributed by atoms with Crippen LogP contribution in [-0.4, -0.2) is 11.7 Å². The summed E-state index contributed by atoms with van der Waals surface area (Å²) < 4.78 is 19.5. The van der Waals surface area contributed by atoms with Crippen molar-refractivity contribution in [2.75, 3.05) is 0 Å². The molecule has 3 nitrogen and oxygen atoms in total. The maximum absolute atomic E-state index is 10.2.